The van der Waals surface area contributed by atoms with Crippen LogP contribution in [0.15, 0.2) is 0 Å². The zero-order valence-corrected chi connectivity index (χ0v) is 11.7. The monoisotopic (exact) mass is 268 g/mol. The van der Waals surface area contributed by atoms with Crippen molar-refractivity contribution in [3.05, 3.63) is 5.01 Å². The molecule has 2 rings (SSSR count). The second kappa shape index (κ2) is 6.13. The molecule has 18 heavy (non-hydrogen) atoms. The van der Waals surface area contributed by atoms with Crippen molar-refractivity contribution in [2.45, 2.75) is 33.1 Å². The van der Waals surface area contributed by atoms with E-state index in [0.29, 0.717) is 16.1 Å². The first-order valence-electron chi connectivity index (χ1n) is 6.56. The molecule has 0 bridgehead atoms. The van der Waals surface area contributed by atoms with Gasteiger partial charge in [0.05, 0.1) is 0 Å². The first-order chi connectivity index (χ1) is 8.70. The largest absolute Gasteiger partial charge is 0.360 e. The summed E-state index contributed by atoms with van der Waals surface area (Å²) in [6.07, 6.45) is 3.79. The van der Waals surface area contributed by atoms with Crippen molar-refractivity contribution in [2.24, 2.45) is 11.8 Å². The Morgan fingerprint density at radius 3 is 2.94 bits per heavy atom. The fourth-order valence-electron chi connectivity index (χ4n) is 2.36. The Hall–Kier alpha value is -1.17. The molecule has 1 heterocycles. The first-order valence-corrected chi connectivity index (χ1v) is 7.38. The molecular weight excluding hydrogens is 248 g/mol. The van der Waals surface area contributed by atoms with Gasteiger partial charge in [0.2, 0.25) is 10.1 Å². The van der Waals surface area contributed by atoms with E-state index < -0.39 is 0 Å². The minimum absolute atomic E-state index is 0.101. The van der Waals surface area contributed by atoms with E-state index in [1.54, 1.807) is 0 Å². The third kappa shape index (κ3) is 3.19. The van der Waals surface area contributed by atoms with Crippen molar-refractivity contribution >= 4 is 22.4 Å². The Labute approximate surface area is 111 Å². The Morgan fingerprint density at radius 1 is 1.44 bits per heavy atom. The van der Waals surface area contributed by atoms with E-state index >= 15 is 0 Å². The maximum atomic E-state index is 11.9. The van der Waals surface area contributed by atoms with Crippen molar-refractivity contribution in [2.75, 3.05) is 18.4 Å². The Kier molecular flexibility index (Phi) is 4.52. The van der Waals surface area contributed by atoms with Gasteiger partial charge >= 0.3 is 0 Å². The van der Waals surface area contributed by atoms with Crippen LogP contribution in [0.1, 0.15) is 42.9 Å². The number of carbonyl (C=O) groups is 1. The van der Waals surface area contributed by atoms with Crippen molar-refractivity contribution < 1.29 is 4.79 Å². The van der Waals surface area contributed by atoms with Gasteiger partial charge in [-0.15, -0.1) is 10.2 Å². The molecule has 1 fully saturated rings. The first kappa shape index (κ1) is 13.3. The van der Waals surface area contributed by atoms with Crippen LogP contribution in [-0.2, 0) is 0 Å². The van der Waals surface area contributed by atoms with Crippen molar-refractivity contribution in [1.29, 1.82) is 0 Å². The van der Waals surface area contributed by atoms with Gasteiger partial charge in [-0.2, -0.15) is 0 Å². The summed E-state index contributed by atoms with van der Waals surface area (Å²) in [5.74, 6) is 1.24. The molecule has 1 aliphatic rings. The van der Waals surface area contributed by atoms with Gasteiger partial charge in [0.1, 0.15) is 0 Å². The SMILES string of the molecule is CCNc1nnc(C(=O)NCC2CCCC2C)s1. The number of amides is 1. The summed E-state index contributed by atoms with van der Waals surface area (Å²) in [7, 11) is 0. The lowest BCUT2D eigenvalue weighted by Crippen LogP contribution is -2.30. The highest BCUT2D eigenvalue weighted by molar-refractivity contribution is 7.17. The van der Waals surface area contributed by atoms with Gasteiger partial charge in [-0.1, -0.05) is 31.1 Å². The van der Waals surface area contributed by atoms with Crippen LogP contribution in [0.4, 0.5) is 5.13 Å². The molecule has 0 radical (unpaired) electrons. The van der Waals surface area contributed by atoms with E-state index in [-0.39, 0.29) is 5.91 Å². The summed E-state index contributed by atoms with van der Waals surface area (Å²) >= 11 is 1.30. The molecule has 0 aliphatic heterocycles. The molecule has 1 saturated carbocycles. The van der Waals surface area contributed by atoms with Crippen LogP contribution in [0.3, 0.4) is 0 Å². The molecule has 5 nitrogen and oxygen atoms in total. The summed E-state index contributed by atoms with van der Waals surface area (Å²) in [6, 6.07) is 0. The van der Waals surface area contributed by atoms with Crippen LogP contribution in [-0.4, -0.2) is 29.2 Å². The van der Waals surface area contributed by atoms with Gasteiger partial charge < -0.3 is 10.6 Å². The molecule has 0 spiro atoms. The number of anilines is 1. The Morgan fingerprint density at radius 2 is 2.28 bits per heavy atom. The van der Waals surface area contributed by atoms with E-state index in [0.717, 1.165) is 19.0 Å². The summed E-state index contributed by atoms with van der Waals surface area (Å²) in [5.41, 5.74) is 0. The predicted octanol–water partition coefficient (Wildman–Crippen LogP) is 2.14. The lowest BCUT2D eigenvalue weighted by Gasteiger charge is -2.14. The standard InChI is InChI=1S/C12H20N4OS/c1-3-13-12-16-15-11(18-12)10(17)14-7-9-6-4-5-8(9)2/h8-9H,3-7H2,1-2H3,(H,13,16)(H,14,17). The van der Waals surface area contributed by atoms with Gasteiger partial charge in [0.15, 0.2) is 0 Å². The van der Waals surface area contributed by atoms with Crippen LogP contribution >= 0.6 is 11.3 Å². The molecule has 0 saturated heterocycles. The summed E-state index contributed by atoms with van der Waals surface area (Å²) in [6.45, 7) is 5.80. The quantitative estimate of drug-likeness (QED) is 0.858. The Bertz CT molecular complexity index is 407. The molecule has 1 aromatic rings. The number of aromatic nitrogens is 2. The number of carbonyl (C=O) groups excluding carboxylic acids is 1. The highest BCUT2D eigenvalue weighted by atomic mass is 32.1. The Balaban J connectivity index is 1.83. The van der Waals surface area contributed by atoms with Gasteiger partial charge in [0, 0.05) is 13.1 Å². The summed E-state index contributed by atoms with van der Waals surface area (Å²) < 4.78 is 0. The number of hydrogen-bond donors (Lipinski definition) is 2. The molecule has 2 N–H and O–H groups in total. The van der Waals surface area contributed by atoms with Crippen LogP contribution in [0.2, 0.25) is 0 Å². The lowest BCUT2D eigenvalue weighted by molar-refractivity contribution is 0.0943. The molecule has 0 aromatic carbocycles. The van der Waals surface area contributed by atoms with E-state index in [9.17, 15) is 4.79 Å². The van der Waals surface area contributed by atoms with Crippen molar-refractivity contribution in [1.82, 2.24) is 15.5 Å². The highest BCUT2D eigenvalue weighted by Gasteiger charge is 2.24. The summed E-state index contributed by atoms with van der Waals surface area (Å²) in [4.78, 5) is 11.9. The molecule has 6 heteroatoms. The normalized spacial score (nSPS) is 23.0. The molecule has 1 amide bonds. The lowest BCUT2D eigenvalue weighted by atomic mass is 9.98. The molecule has 100 valence electrons. The molecule has 1 aliphatic carbocycles. The molecular formula is C12H20N4OS. The van der Waals surface area contributed by atoms with Crippen molar-refractivity contribution in [3.63, 3.8) is 0 Å². The predicted molar refractivity (Wildman–Crippen MR) is 72.9 cm³/mol. The van der Waals surface area contributed by atoms with E-state index in [1.807, 2.05) is 6.92 Å². The number of nitrogens with one attached hydrogen (secondary N) is 2. The second-order valence-electron chi connectivity index (χ2n) is 4.82. The molecule has 2 unspecified atom stereocenters. The zero-order valence-electron chi connectivity index (χ0n) is 10.9. The maximum Gasteiger partial charge on any atom is 0.282 e. The maximum absolute atomic E-state index is 11.9. The zero-order chi connectivity index (χ0) is 13.0. The average Bonchev–Trinajstić information content (AvgIpc) is 2.96. The molecule has 2 atom stereocenters. The van der Waals surface area contributed by atoms with Gasteiger partial charge in [-0.05, 0) is 25.2 Å². The highest BCUT2D eigenvalue weighted by Crippen LogP contribution is 2.30. The fourth-order valence-corrected chi connectivity index (χ4v) is 3.09. The topological polar surface area (TPSA) is 66.9 Å². The van der Waals surface area contributed by atoms with E-state index in [4.69, 9.17) is 0 Å². The fraction of sp³-hybridized carbons (Fsp3) is 0.750. The van der Waals surface area contributed by atoms with Gasteiger partial charge in [0.25, 0.3) is 5.91 Å². The number of nitrogens with zero attached hydrogens (tertiary/aromatic N) is 2. The van der Waals surface area contributed by atoms with E-state index in [2.05, 4.69) is 27.8 Å². The van der Waals surface area contributed by atoms with Crippen LogP contribution in [0.25, 0.3) is 0 Å². The molecule has 1 aromatic heterocycles. The van der Waals surface area contributed by atoms with Crippen LogP contribution in [0.5, 0.6) is 0 Å². The van der Waals surface area contributed by atoms with Crippen LogP contribution < -0.4 is 10.6 Å². The second-order valence-corrected chi connectivity index (χ2v) is 5.80. The number of hydrogen-bond acceptors (Lipinski definition) is 5. The van der Waals surface area contributed by atoms with Crippen LogP contribution in [0, 0.1) is 11.8 Å². The smallest absolute Gasteiger partial charge is 0.282 e. The van der Waals surface area contributed by atoms with E-state index in [1.165, 1.54) is 30.6 Å². The van der Waals surface area contributed by atoms with Crippen molar-refractivity contribution in [3.8, 4) is 0 Å². The third-order valence-corrected chi connectivity index (χ3v) is 4.39. The third-order valence-electron chi connectivity index (χ3n) is 3.51. The minimum atomic E-state index is -0.101. The van der Waals surface area contributed by atoms with Gasteiger partial charge in [-0.25, -0.2) is 0 Å². The minimum Gasteiger partial charge on any atom is -0.360 e. The summed E-state index contributed by atoms with van der Waals surface area (Å²) in [5, 5.41) is 15.0. The average molecular weight is 268 g/mol. The van der Waals surface area contributed by atoms with Gasteiger partial charge in [-0.3, -0.25) is 4.79 Å². The number of rotatable bonds is 5.